The van der Waals surface area contributed by atoms with Gasteiger partial charge in [0.1, 0.15) is 4.90 Å². The second-order valence-corrected chi connectivity index (χ2v) is 6.71. The molecular weight excluding hydrogens is 348 g/mol. The molecule has 7 nitrogen and oxygen atoms in total. The van der Waals surface area contributed by atoms with Gasteiger partial charge >= 0.3 is 0 Å². The molecule has 0 aliphatic rings. The van der Waals surface area contributed by atoms with E-state index >= 15 is 0 Å². The number of nitrogens with one attached hydrogen (secondary N) is 1. The van der Waals surface area contributed by atoms with Crippen molar-refractivity contribution in [2.45, 2.75) is 18.2 Å². The third kappa shape index (κ3) is 3.56. The maximum atomic E-state index is 12.1. The fourth-order valence-electron chi connectivity index (χ4n) is 1.56. The second-order valence-electron chi connectivity index (χ2n) is 4.06. The molecule has 9 heteroatoms. The molecule has 3 N–H and O–H groups in total. The molecule has 0 amide bonds. The topological polar surface area (TPSA) is 111 Å². The average molecular weight is 361 g/mol. The lowest BCUT2D eigenvalue weighted by atomic mass is 10.3. The number of nitrogens with zero attached hydrogens (tertiary/aromatic N) is 2. The van der Waals surface area contributed by atoms with Crippen LogP contribution in [0.4, 0.5) is 5.69 Å². The van der Waals surface area contributed by atoms with Gasteiger partial charge < -0.3 is 10.3 Å². The second kappa shape index (κ2) is 5.90. The molecule has 20 heavy (non-hydrogen) atoms. The quantitative estimate of drug-likeness (QED) is 0.776. The Labute approximate surface area is 124 Å². The molecule has 0 bridgehead atoms. The highest BCUT2D eigenvalue weighted by Gasteiger charge is 2.17. The van der Waals surface area contributed by atoms with Gasteiger partial charge in [-0.25, -0.2) is 13.1 Å². The molecule has 0 radical (unpaired) electrons. The molecule has 0 aliphatic carbocycles. The summed E-state index contributed by atoms with van der Waals surface area (Å²) in [5.41, 5.74) is 5.87. The van der Waals surface area contributed by atoms with Crippen LogP contribution in [0.25, 0.3) is 0 Å². The molecule has 0 atom stereocenters. The summed E-state index contributed by atoms with van der Waals surface area (Å²) in [6, 6.07) is 4.66. The Morgan fingerprint density at radius 2 is 2.20 bits per heavy atom. The van der Waals surface area contributed by atoms with Gasteiger partial charge in [-0.1, -0.05) is 21.1 Å². The Morgan fingerprint density at radius 1 is 1.45 bits per heavy atom. The van der Waals surface area contributed by atoms with E-state index in [9.17, 15) is 8.42 Å². The number of hydrogen-bond acceptors (Lipinski definition) is 6. The van der Waals surface area contributed by atoms with Crippen molar-refractivity contribution in [2.24, 2.45) is 0 Å². The SMILES string of the molecule is Cc1nc(CCNS(=O)(=O)c2cc(Br)ccc2N)no1. The monoisotopic (exact) mass is 360 g/mol. The highest BCUT2D eigenvalue weighted by atomic mass is 79.9. The van der Waals surface area contributed by atoms with Gasteiger partial charge in [-0.3, -0.25) is 0 Å². The molecule has 1 aromatic heterocycles. The summed E-state index contributed by atoms with van der Waals surface area (Å²) in [6.45, 7) is 1.83. The van der Waals surface area contributed by atoms with Crippen molar-refractivity contribution in [1.29, 1.82) is 0 Å². The van der Waals surface area contributed by atoms with Crippen molar-refractivity contribution in [3.63, 3.8) is 0 Å². The molecule has 0 saturated heterocycles. The molecule has 0 unspecified atom stereocenters. The van der Waals surface area contributed by atoms with Crippen LogP contribution in [0.2, 0.25) is 0 Å². The van der Waals surface area contributed by atoms with Crippen LogP contribution >= 0.6 is 15.9 Å². The summed E-state index contributed by atoms with van der Waals surface area (Å²) in [5, 5.41) is 3.69. The number of nitrogens with two attached hydrogens (primary N) is 1. The lowest BCUT2D eigenvalue weighted by Crippen LogP contribution is -2.27. The predicted molar refractivity (Wildman–Crippen MR) is 76.5 cm³/mol. The first-order valence-corrected chi connectivity index (χ1v) is 8.00. The molecule has 2 aromatic rings. The zero-order valence-corrected chi connectivity index (χ0v) is 13.0. The van der Waals surface area contributed by atoms with Gasteiger partial charge in [-0.15, -0.1) is 0 Å². The van der Waals surface area contributed by atoms with Crippen molar-refractivity contribution in [3.8, 4) is 0 Å². The van der Waals surface area contributed by atoms with Crippen LogP contribution in [-0.2, 0) is 16.4 Å². The van der Waals surface area contributed by atoms with Gasteiger partial charge in [0.2, 0.25) is 15.9 Å². The summed E-state index contributed by atoms with van der Waals surface area (Å²) in [7, 11) is -3.67. The number of hydrogen-bond donors (Lipinski definition) is 2. The first kappa shape index (κ1) is 14.9. The third-order valence-electron chi connectivity index (χ3n) is 2.48. The van der Waals surface area contributed by atoms with Crippen molar-refractivity contribution in [3.05, 3.63) is 34.4 Å². The maximum absolute atomic E-state index is 12.1. The van der Waals surface area contributed by atoms with Crippen LogP contribution in [0, 0.1) is 6.92 Å². The summed E-state index contributed by atoms with van der Waals surface area (Å²) in [5.74, 6) is 0.895. The summed E-state index contributed by atoms with van der Waals surface area (Å²) in [6.07, 6.45) is 0.338. The van der Waals surface area contributed by atoms with E-state index < -0.39 is 10.0 Å². The van der Waals surface area contributed by atoms with E-state index in [0.717, 1.165) is 0 Å². The largest absolute Gasteiger partial charge is 0.398 e. The van der Waals surface area contributed by atoms with Gasteiger partial charge in [0, 0.05) is 24.4 Å². The van der Waals surface area contributed by atoms with E-state index in [1.54, 1.807) is 13.0 Å². The van der Waals surface area contributed by atoms with E-state index in [0.29, 0.717) is 22.6 Å². The normalized spacial score (nSPS) is 11.7. The van der Waals surface area contributed by atoms with Crippen LogP contribution in [-0.4, -0.2) is 25.1 Å². The Hall–Kier alpha value is -1.45. The molecule has 2 rings (SSSR count). The minimum atomic E-state index is -3.67. The van der Waals surface area contributed by atoms with Crippen LogP contribution in [0.5, 0.6) is 0 Å². The van der Waals surface area contributed by atoms with Crippen LogP contribution < -0.4 is 10.5 Å². The molecule has 0 saturated carbocycles. The number of anilines is 1. The zero-order chi connectivity index (χ0) is 14.8. The summed E-state index contributed by atoms with van der Waals surface area (Å²) >= 11 is 3.22. The Morgan fingerprint density at radius 3 is 2.85 bits per heavy atom. The molecule has 1 aromatic carbocycles. The standard InChI is InChI=1S/C11H13BrN4O3S/c1-7-15-11(16-19-7)4-5-14-20(17,18)10-6-8(12)2-3-9(10)13/h2-3,6,14H,4-5,13H2,1H3. The molecule has 108 valence electrons. The minimum Gasteiger partial charge on any atom is -0.398 e. The number of aromatic nitrogens is 2. The van der Waals surface area contributed by atoms with Crippen LogP contribution in [0.3, 0.4) is 0 Å². The number of benzene rings is 1. The Balaban J connectivity index is 2.06. The molecular formula is C11H13BrN4O3S. The lowest BCUT2D eigenvalue weighted by Gasteiger charge is -2.08. The highest BCUT2D eigenvalue weighted by molar-refractivity contribution is 9.10. The zero-order valence-electron chi connectivity index (χ0n) is 10.6. The van der Waals surface area contributed by atoms with Crippen molar-refractivity contribution >= 4 is 31.6 Å². The minimum absolute atomic E-state index is 0.0381. The molecule has 1 heterocycles. The van der Waals surface area contributed by atoms with E-state index in [-0.39, 0.29) is 17.1 Å². The fourth-order valence-corrected chi connectivity index (χ4v) is 3.26. The number of halogens is 1. The van der Waals surface area contributed by atoms with E-state index in [2.05, 4.69) is 30.8 Å². The lowest BCUT2D eigenvalue weighted by molar-refractivity contribution is 0.387. The number of nitrogen functional groups attached to an aromatic ring is 1. The van der Waals surface area contributed by atoms with E-state index in [1.807, 2.05) is 0 Å². The van der Waals surface area contributed by atoms with Gasteiger partial charge in [-0.05, 0) is 18.2 Å². The van der Waals surface area contributed by atoms with Crippen molar-refractivity contribution in [1.82, 2.24) is 14.9 Å². The van der Waals surface area contributed by atoms with E-state index in [4.69, 9.17) is 10.3 Å². The molecule has 0 aliphatic heterocycles. The first-order valence-electron chi connectivity index (χ1n) is 5.72. The number of aryl methyl sites for hydroxylation is 1. The van der Waals surface area contributed by atoms with Crippen molar-refractivity contribution < 1.29 is 12.9 Å². The number of sulfonamides is 1. The third-order valence-corrected chi connectivity index (χ3v) is 4.49. The van der Waals surface area contributed by atoms with Crippen molar-refractivity contribution in [2.75, 3.05) is 12.3 Å². The highest BCUT2D eigenvalue weighted by Crippen LogP contribution is 2.22. The summed E-state index contributed by atoms with van der Waals surface area (Å²) in [4.78, 5) is 4.03. The number of rotatable bonds is 5. The van der Waals surface area contributed by atoms with Gasteiger partial charge in [0.25, 0.3) is 0 Å². The van der Waals surface area contributed by atoms with Gasteiger partial charge in [0.05, 0.1) is 5.69 Å². The van der Waals surface area contributed by atoms with Gasteiger partial charge in [0.15, 0.2) is 5.82 Å². The van der Waals surface area contributed by atoms with Crippen LogP contribution in [0.15, 0.2) is 32.1 Å². The Bertz CT molecular complexity index is 714. The van der Waals surface area contributed by atoms with Gasteiger partial charge in [-0.2, -0.15) is 4.98 Å². The summed E-state index contributed by atoms with van der Waals surface area (Å²) < 4.78 is 32.1. The van der Waals surface area contributed by atoms with Crippen LogP contribution in [0.1, 0.15) is 11.7 Å². The molecule has 0 spiro atoms. The first-order chi connectivity index (χ1) is 9.38. The smallest absolute Gasteiger partial charge is 0.242 e. The fraction of sp³-hybridized carbons (Fsp3) is 0.273. The maximum Gasteiger partial charge on any atom is 0.242 e. The Kier molecular flexibility index (Phi) is 4.41. The average Bonchev–Trinajstić information content (AvgIpc) is 2.78. The molecule has 0 fully saturated rings. The predicted octanol–water partition coefficient (Wildman–Crippen LogP) is 1.24. The van der Waals surface area contributed by atoms with E-state index in [1.165, 1.54) is 12.1 Å².